The maximum atomic E-state index is 12.8. The molecule has 0 aliphatic carbocycles. The molecule has 0 aromatic heterocycles. The predicted molar refractivity (Wildman–Crippen MR) is 88.4 cm³/mol. The first-order valence-corrected chi connectivity index (χ1v) is 8.75. The van der Waals surface area contributed by atoms with Crippen molar-refractivity contribution in [1.29, 1.82) is 0 Å². The third-order valence-electron chi connectivity index (χ3n) is 3.85. The van der Waals surface area contributed by atoms with Crippen molar-refractivity contribution in [1.82, 2.24) is 4.31 Å². The van der Waals surface area contributed by atoms with E-state index in [9.17, 15) is 8.42 Å². The van der Waals surface area contributed by atoms with E-state index in [0.29, 0.717) is 9.92 Å². The maximum absolute atomic E-state index is 12.8. The fourth-order valence-corrected chi connectivity index (χ4v) is 4.47. The topological polar surface area (TPSA) is 37.1 Å². The Kier molecular flexibility index (Phi) is 3.85. The van der Waals surface area contributed by atoms with E-state index in [4.69, 9.17) is 11.6 Å². The quantitative estimate of drug-likeness (QED) is 0.627. The largest absolute Gasteiger partial charge is 0.244 e. The summed E-state index contributed by atoms with van der Waals surface area (Å²) in [6, 6.07) is 13.7. The van der Waals surface area contributed by atoms with Crippen molar-refractivity contribution in [3.63, 3.8) is 0 Å². The zero-order valence-corrected chi connectivity index (χ0v) is 13.7. The van der Waals surface area contributed by atoms with Gasteiger partial charge in [-0.15, -0.1) is 6.58 Å². The highest BCUT2D eigenvalue weighted by molar-refractivity contribution is 7.89. The van der Waals surface area contributed by atoms with Crippen LogP contribution in [0.5, 0.6) is 0 Å². The Balaban J connectivity index is 1.95. The van der Waals surface area contributed by atoms with Crippen LogP contribution in [0, 0.1) is 6.92 Å². The van der Waals surface area contributed by atoms with Crippen molar-refractivity contribution in [3.05, 3.63) is 77.3 Å². The summed E-state index contributed by atoms with van der Waals surface area (Å²) in [5, 5.41) is 0.632. The van der Waals surface area contributed by atoms with E-state index in [-0.39, 0.29) is 12.1 Å². The molecule has 5 heteroatoms. The highest BCUT2D eigenvalue weighted by atomic mass is 35.5. The molecule has 3 nitrogen and oxygen atoms in total. The SMILES string of the molecule is C=CC1C(c2ccc(Cl)cc2)N1S(=O)(=O)c1ccc(C)cc1. The van der Waals surface area contributed by atoms with Crippen LogP contribution >= 0.6 is 11.6 Å². The normalized spacial score (nSPS) is 24.0. The zero-order valence-electron chi connectivity index (χ0n) is 12.1. The summed E-state index contributed by atoms with van der Waals surface area (Å²) < 4.78 is 27.0. The van der Waals surface area contributed by atoms with Crippen LogP contribution in [0.15, 0.2) is 66.1 Å². The first kappa shape index (κ1) is 15.3. The van der Waals surface area contributed by atoms with Crippen LogP contribution in [0.25, 0.3) is 0 Å². The molecule has 0 amide bonds. The van der Waals surface area contributed by atoms with Gasteiger partial charge in [-0.3, -0.25) is 0 Å². The zero-order chi connectivity index (χ0) is 15.9. The van der Waals surface area contributed by atoms with Gasteiger partial charge in [0.25, 0.3) is 0 Å². The minimum absolute atomic E-state index is 0.207. The van der Waals surface area contributed by atoms with Gasteiger partial charge in [0.2, 0.25) is 10.0 Å². The van der Waals surface area contributed by atoms with Gasteiger partial charge >= 0.3 is 0 Å². The maximum Gasteiger partial charge on any atom is 0.244 e. The number of aryl methyl sites for hydroxylation is 1. The molecule has 1 aliphatic heterocycles. The Morgan fingerprint density at radius 2 is 1.68 bits per heavy atom. The van der Waals surface area contributed by atoms with E-state index in [1.807, 2.05) is 19.1 Å². The smallest absolute Gasteiger partial charge is 0.207 e. The molecule has 114 valence electrons. The molecule has 0 N–H and O–H groups in total. The molecule has 3 atom stereocenters. The molecule has 2 aromatic carbocycles. The first-order chi connectivity index (χ1) is 10.4. The summed E-state index contributed by atoms with van der Waals surface area (Å²) in [5.74, 6) is 0. The molecule has 0 spiro atoms. The average molecular weight is 334 g/mol. The van der Waals surface area contributed by atoms with Crippen molar-refractivity contribution < 1.29 is 8.42 Å². The monoisotopic (exact) mass is 333 g/mol. The summed E-state index contributed by atoms with van der Waals surface area (Å²) in [6.07, 6.45) is 1.67. The van der Waals surface area contributed by atoms with Gasteiger partial charge < -0.3 is 0 Å². The third-order valence-corrected chi connectivity index (χ3v) is 6.00. The van der Waals surface area contributed by atoms with Crippen molar-refractivity contribution >= 4 is 21.6 Å². The van der Waals surface area contributed by atoms with E-state index < -0.39 is 10.0 Å². The molecule has 1 heterocycles. The fourth-order valence-electron chi connectivity index (χ4n) is 2.61. The van der Waals surface area contributed by atoms with E-state index >= 15 is 0 Å². The standard InChI is InChI=1S/C17H16ClNO2S/c1-3-16-17(13-6-8-14(18)9-7-13)19(16)22(20,21)15-10-4-12(2)5-11-15/h3-11,16-17H,1H2,2H3. The Bertz CT molecular complexity index is 798. The van der Waals surface area contributed by atoms with Crippen LogP contribution in [0.3, 0.4) is 0 Å². The second-order valence-corrected chi connectivity index (χ2v) is 7.65. The molecule has 2 aromatic rings. The molecule has 22 heavy (non-hydrogen) atoms. The number of rotatable bonds is 4. The number of nitrogens with zero attached hydrogens (tertiary/aromatic N) is 1. The van der Waals surface area contributed by atoms with Gasteiger partial charge in [-0.25, -0.2) is 8.42 Å². The number of sulfonamides is 1. The van der Waals surface area contributed by atoms with Crippen molar-refractivity contribution in [3.8, 4) is 0 Å². The van der Waals surface area contributed by atoms with Gasteiger partial charge in [0, 0.05) is 5.02 Å². The Morgan fingerprint density at radius 3 is 2.23 bits per heavy atom. The molecular weight excluding hydrogens is 318 g/mol. The highest BCUT2D eigenvalue weighted by Gasteiger charge is 2.54. The van der Waals surface area contributed by atoms with E-state index in [0.717, 1.165) is 11.1 Å². The second kappa shape index (κ2) is 5.54. The van der Waals surface area contributed by atoms with Gasteiger partial charge in [0.15, 0.2) is 0 Å². The lowest BCUT2D eigenvalue weighted by atomic mass is 10.1. The Hall–Kier alpha value is -1.62. The summed E-state index contributed by atoms with van der Waals surface area (Å²) in [7, 11) is -3.52. The van der Waals surface area contributed by atoms with Crippen LogP contribution in [0.1, 0.15) is 17.2 Å². The number of hydrogen-bond donors (Lipinski definition) is 0. The molecular formula is C17H16ClNO2S. The van der Waals surface area contributed by atoms with Gasteiger partial charge in [-0.2, -0.15) is 4.31 Å². The first-order valence-electron chi connectivity index (χ1n) is 6.93. The molecule has 0 bridgehead atoms. The van der Waals surface area contributed by atoms with Crippen LogP contribution in [-0.2, 0) is 10.0 Å². The number of halogens is 1. The summed E-state index contributed by atoms with van der Waals surface area (Å²) in [6.45, 7) is 5.68. The van der Waals surface area contributed by atoms with Crippen molar-refractivity contribution in [2.45, 2.75) is 23.9 Å². The van der Waals surface area contributed by atoms with Crippen LogP contribution in [0.4, 0.5) is 0 Å². The number of benzene rings is 2. The van der Waals surface area contributed by atoms with Gasteiger partial charge in [0.05, 0.1) is 17.0 Å². The molecule has 0 radical (unpaired) electrons. The summed E-state index contributed by atoms with van der Waals surface area (Å²) in [4.78, 5) is 0.307. The lowest BCUT2D eigenvalue weighted by molar-refractivity contribution is 0.550. The van der Waals surface area contributed by atoms with Crippen LogP contribution in [0.2, 0.25) is 5.02 Å². The summed E-state index contributed by atoms with van der Waals surface area (Å²) >= 11 is 5.89. The molecule has 3 unspecified atom stereocenters. The van der Waals surface area contributed by atoms with Crippen LogP contribution < -0.4 is 0 Å². The van der Waals surface area contributed by atoms with Gasteiger partial charge in [0.1, 0.15) is 0 Å². The van der Waals surface area contributed by atoms with Gasteiger partial charge in [-0.05, 0) is 36.8 Å². The van der Waals surface area contributed by atoms with E-state index in [2.05, 4.69) is 6.58 Å². The minimum Gasteiger partial charge on any atom is -0.207 e. The third kappa shape index (κ3) is 2.58. The molecule has 1 saturated heterocycles. The van der Waals surface area contributed by atoms with E-state index in [1.54, 1.807) is 42.5 Å². The highest BCUT2D eigenvalue weighted by Crippen LogP contribution is 2.48. The lowest BCUT2D eigenvalue weighted by Crippen LogP contribution is -2.14. The predicted octanol–water partition coefficient (Wildman–Crippen LogP) is 3.95. The summed E-state index contributed by atoms with van der Waals surface area (Å²) in [5.41, 5.74) is 1.95. The average Bonchev–Trinajstić information content (AvgIpc) is 3.24. The van der Waals surface area contributed by atoms with Crippen molar-refractivity contribution in [2.24, 2.45) is 0 Å². The van der Waals surface area contributed by atoms with Gasteiger partial charge in [-0.1, -0.05) is 47.5 Å². The fraction of sp³-hybridized carbons (Fsp3) is 0.176. The molecule has 0 saturated carbocycles. The lowest BCUT2D eigenvalue weighted by Gasteiger charge is -2.07. The molecule has 3 rings (SSSR count). The number of hydrogen-bond acceptors (Lipinski definition) is 2. The second-order valence-electron chi connectivity index (χ2n) is 5.37. The van der Waals surface area contributed by atoms with Crippen molar-refractivity contribution in [2.75, 3.05) is 0 Å². The Morgan fingerprint density at radius 1 is 1.09 bits per heavy atom. The Labute approximate surface area is 135 Å². The molecule has 1 fully saturated rings. The minimum atomic E-state index is -3.52. The van der Waals surface area contributed by atoms with Crippen LogP contribution in [-0.4, -0.2) is 18.8 Å². The molecule has 1 aliphatic rings. The van der Waals surface area contributed by atoms with E-state index in [1.165, 1.54) is 4.31 Å².